The van der Waals surface area contributed by atoms with Crippen molar-refractivity contribution in [2.75, 3.05) is 6.26 Å². The smallest absolute Gasteiger partial charge is 0.176 e. The van der Waals surface area contributed by atoms with E-state index < -0.39 is 9.84 Å². The van der Waals surface area contributed by atoms with E-state index >= 15 is 0 Å². The molecule has 0 unspecified atom stereocenters. The molecule has 0 fully saturated rings. The number of thiazole rings is 1. The Labute approximate surface area is 192 Å². The standard InChI is InChI=1S/C23H17BrFNO3S2/c1-31(27,28)20-8-3-2-7-19(20)22-23(15-9-11-17(25)12-10-15)30-21(26-22)14-29-18-6-4-5-16(24)13-18/h2-13H,14H2,1H3. The van der Waals surface area contributed by atoms with Crippen molar-refractivity contribution in [2.24, 2.45) is 0 Å². The van der Waals surface area contributed by atoms with Crippen LogP contribution < -0.4 is 4.74 Å². The Hall–Kier alpha value is -2.55. The fourth-order valence-electron chi connectivity index (χ4n) is 3.09. The van der Waals surface area contributed by atoms with Crippen LogP contribution in [0.3, 0.4) is 0 Å². The minimum atomic E-state index is -3.47. The van der Waals surface area contributed by atoms with Gasteiger partial charge in [0.1, 0.15) is 23.2 Å². The highest BCUT2D eigenvalue weighted by atomic mass is 79.9. The molecular weight excluding hydrogens is 501 g/mol. The van der Waals surface area contributed by atoms with Gasteiger partial charge in [-0.15, -0.1) is 11.3 Å². The molecule has 0 aliphatic rings. The molecule has 8 heteroatoms. The van der Waals surface area contributed by atoms with E-state index in [0.29, 0.717) is 22.0 Å². The first-order valence-electron chi connectivity index (χ1n) is 9.25. The number of hydrogen-bond acceptors (Lipinski definition) is 5. The van der Waals surface area contributed by atoms with E-state index in [4.69, 9.17) is 9.72 Å². The Morgan fingerprint density at radius 3 is 2.48 bits per heavy atom. The average Bonchev–Trinajstić information content (AvgIpc) is 3.16. The van der Waals surface area contributed by atoms with Crippen molar-refractivity contribution >= 4 is 37.1 Å². The molecular formula is C23H17BrFNO3S2. The first-order valence-corrected chi connectivity index (χ1v) is 12.7. The van der Waals surface area contributed by atoms with E-state index in [1.807, 2.05) is 24.3 Å². The summed E-state index contributed by atoms with van der Waals surface area (Å²) >= 11 is 4.81. The molecule has 0 aliphatic carbocycles. The van der Waals surface area contributed by atoms with Crippen LogP contribution in [-0.2, 0) is 16.4 Å². The highest BCUT2D eigenvalue weighted by molar-refractivity contribution is 9.10. The van der Waals surface area contributed by atoms with Crippen LogP contribution in [0.5, 0.6) is 5.75 Å². The quantitative estimate of drug-likeness (QED) is 0.298. The van der Waals surface area contributed by atoms with Crippen LogP contribution in [0.15, 0.2) is 82.2 Å². The number of hydrogen-bond donors (Lipinski definition) is 0. The lowest BCUT2D eigenvalue weighted by Gasteiger charge is -2.08. The number of rotatable bonds is 6. The molecule has 0 radical (unpaired) electrons. The Balaban J connectivity index is 1.79. The molecule has 0 aliphatic heterocycles. The average molecular weight is 518 g/mol. The normalized spacial score (nSPS) is 11.5. The van der Waals surface area contributed by atoms with E-state index in [2.05, 4.69) is 15.9 Å². The highest BCUT2D eigenvalue weighted by Gasteiger charge is 2.21. The van der Waals surface area contributed by atoms with Crippen LogP contribution in [0.1, 0.15) is 5.01 Å². The second kappa shape index (κ2) is 8.90. The molecule has 0 saturated heterocycles. The summed E-state index contributed by atoms with van der Waals surface area (Å²) in [5.41, 5.74) is 1.80. The molecule has 4 aromatic rings. The van der Waals surface area contributed by atoms with Crippen molar-refractivity contribution in [1.29, 1.82) is 0 Å². The third-order valence-electron chi connectivity index (χ3n) is 4.48. The Bertz CT molecular complexity index is 1340. The monoisotopic (exact) mass is 517 g/mol. The molecule has 1 heterocycles. The zero-order chi connectivity index (χ0) is 22.0. The van der Waals surface area contributed by atoms with Crippen LogP contribution in [0.2, 0.25) is 0 Å². The molecule has 0 N–H and O–H groups in total. The third-order valence-corrected chi connectivity index (χ3v) is 7.20. The van der Waals surface area contributed by atoms with Gasteiger partial charge in [-0.3, -0.25) is 0 Å². The highest BCUT2D eigenvalue weighted by Crippen LogP contribution is 2.39. The van der Waals surface area contributed by atoms with Crippen LogP contribution in [0.25, 0.3) is 21.7 Å². The Morgan fingerprint density at radius 2 is 1.77 bits per heavy atom. The van der Waals surface area contributed by atoms with E-state index in [-0.39, 0.29) is 17.3 Å². The van der Waals surface area contributed by atoms with Crippen molar-refractivity contribution in [3.8, 4) is 27.4 Å². The van der Waals surface area contributed by atoms with Gasteiger partial charge in [0.2, 0.25) is 0 Å². The summed E-state index contributed by atoms with van der Waals surface area (Å²) in [6.45, 7) is 0.219. The third kappa shape index (κ3) is 5.03. The molecule has 0 bridgehead atoms. The predicted octanol–water partition coefficient (Wildman–Crippen LogP) is 6.36. The molecule has 0 spiro atoms. The van der Waals surface area contributed by atoms with Gasteiger partial charge in [0.05, 0.1) is 15.5 Å². The fraction of sp³-hybridized carbons (Fsp3) is 0.0870. The van der Waals surface area contributed by atoms with Gasteiger partial charge >= 0.3 is 0 Å². The first kappa shape index (κ1) is 21.7. The number of halogens is 2. The minimum Gasteiger partial charge on any atom is -0.486 e. The summed E-state index contributed by atoms with van der Waals surface area (Å²) in [7, 11) is -3.47. The summed E-state index contributed by atoms with van der Waals surface area (Å²) in [5, 5.41) is 0.678. The van der Waals surface area contributed by atoms with Gasteiger partial charge < -0.3 is 4.74 Å². The maximum absolute atomic E-state index is 13.5. The van der Waals surface area contributed by atoms with Crippen LogP contribution >= 0.6 is 27.3 Å². The van der Waals surface area contributed by atoms with Gasteiger partial charge in [-0.05, 0) is 42.0 Å². The molecule has 0 atom stereocenters. The predicted molar refractivity (Wildman–Crippen MR) is 125 cm³/mol. The Kier molecular flexibility index (Phi) is 6.22. The topological polar surface area (TPSA) is 56.3 Å². The SMILES string of the molecule is CS(=O)(=O)c1ccccc1-c1nc(COc2cccc(Br)c2)sc1-c1ccc(F)cc1. The van der Waals surface area contributed by atoms with Crippen molar-refractivity contribution < 1.29 is 17.5 Å². The lowest BCUT2D eigenvalue weighted by atomic mass is 10.1. The van der Waals surface area contributed by atoms with Gasteiger partial charge in [-0.1, -0.05) is 52.3 Å². The molecule has 158 valence electrons. The van der Waals surface area contributed by atoms with Gasteiger partial charge in [-0.25, -0.2) is 17.8 Å². The zero-order valence-corrected chi connectivity index (χ0v) is 19.6. The van der Waals surface area contributed by atoms with Gasteiger partial charge in [0.15, 0.2) is 9.84 Å². The largest absolute Gasteiger partial charge is 0.486 e. The minimum absolute atomic E-state index is 0.197. The lowest BCUT2D eigenvalue weighted by molar-refractivity contribution is 0.305. The van der Waals surface area contributed by atoms with Gasteiger partial charge in [0.25, 0.3) is 0 Å². The molecule has 31 heavy (non-hydrogen) atoms. The number of nitrogens with zero attached hydrogens (tertiary/aromatic N) is 1. The molecule has 1 aromatic heterocycles. The number of aromatic nitrogens is 1. The van der Waals surface area contributed by atoms with Crippen LogP contribution in [-0.4, -0.2) is 19.7 Å². The van der Waals surface area contributed by atoms with Crippen LogP contribution in [0.4, 0.5) is 4.39 Å². The summed E-state index contributed by atoms with van der Waals surface area (Å²) < 4.78 is 45.0. The Morgan fingerprint density at radius 1 is 1.03 bits per heavy atom. The van der Waals surface area contributed by atoms with E-state index in [0.717, 1.165) is 14.9 Å². The molecule has 0 saturated carbocycles. The maximum atomic E-state index is 13.5. The zero-order valence-electron chi connectivity index (χ0n) is 16.4. The lowest BCUT2D eigenvalue weighted by Crippen LogP contribution is -2.00. The molecule has 3 aromatic carbocycles. The van der Waals surface area contributed by atoms with Gasteiger partial charge in [0, 0.05) is 16.3 Å². The van der Waals surface area contributed by atoms with Crippen LogP contribution in [0, 0.1) is 5.82 Å². The van der Waals surface area contributed by atoms with Gasteiger partial charge in [-0.2, -0.15) is 0 Å². The van der Waals surface area contributed by atoms with E-state index in [9.17, 15) is 12.8 Å². The fourth-order valence-corrected chi connectivity index (χ4v) is 5.36. The van der Waals surface area contributed by atoms with Crippen molar-refractivity contribution in [3.63, 3.8) is 0 Å². The van der Waals surface area contributed by atoms with E-state index in [1.54, 1.807) is 36.4 Å². The molecule has 4 nitrogen and oxygen atoms in total. The van der Waals surface area contributed by atoms with E-state index in [1.165, 1.54) is 29.7 Å². The number of benzene rings is 3. The first-order chi connectivity index (χ1) is 14.8. The summed E-state index contributed by atoms with van der Waals surface area (Å²) in [4.78, 5) is 5.67. The number of ether oxygens (including phenoxy) is 1. The summed E-state index contributed by atoms with van der Waals surface area (Å²) in [6.07, 6.45) is 1.17. The second-order valence-corrected chi connectivity index (χ2v) is 10.8. The molecule has 0 amide bonds. The summed E-state index contributed by atoms with van der Waals surface area (Å²) in [5.74, 6) is 0.343. The molecule has 4 rings (SSSR count). The second-order valence-electron chi connectivity index (χ2n) is 6.81. The van der Waals surface area contributed by atoms with Crippen molar-refractivity contribution in [3.05, 3.63) is 88.1 Å². The summed E-state index contributed by atoms with van der Waals surface area (Å²) in [6, 6.07) is 20.3. The van der Waals surface area contributed by atoms with Crippen molar-refractivity contribution in [1.82, 2.24) is 4.98 Å². The van der Waals surface area contributed by atoms with Crippen molar-refractivity contribution in [2.45, 2.75) is 11.5 Å². The maximum Gasteiger partial charge on any atom is 0.176 e. The number of sulfone groups is 1.